The summed E-state index contributed by atoms with van der Waals surface area (Å²) in [4.78, 5) is 0. The zero-order chi connectivity index (χ0) is 11.4. The van der Waals surface area contributed by atoms with E-state index in [2.05, 4.69) is 12.1 Å². The van der Waals surface area contributed by atoms with Crippen molar-refractivity contribution in [3.8, 4) is 0 Å². The summed E-state index contributed by atoms with van der Waals surface area (Å²) in [6.07, 6.45) is 5.71. The second kappa shape index (κ2) is 4.66. The minimum absolute atomic E-state index is 0.0477. The summed E-state index contributed by atoms with van der Waals surface area (Å²) in [5.74, 6) is 0.0477. The summed E-state index contributed by atoms with van der Waals surface area (Å²) in [5, 5.41) is 7.46. The van der Waals surface area contributed by atoms with Gasteiger partial charge in [0, 0.05) is 0 Å². The Morgan fingerprint density at radius 1 is 1.31 bits per heavy atom. The van der Waals surface area contributed by atoms with E-state index >= 15 is 0 Å². The van der Waals surface area contributed by atoms with Crippen LogP contribution >= 0.6 is 0 Å². The Labute approximate surface area is 94.7 Å². The number of benzene rings is 1. The molecule has 0 fully saturated rings. The van der Waals surface area contributed by atoms with Crippen LogP contribution in [0.15, 0.2) is 54.3 Å². The van der Waals surface area contributed by atoms with Crippen LogP contribution < -0.4 is 5.73 Å². The van der Waals surface area contributed by atoms with E-state index in [9.17, 15) is 0 Å². The second-order valence-electron chi connectivity index (χ2n) is 3.70. The van der Waals surface area contributed by atoms with E-state index in [1.54, 1.807) is 6.26 Å². The molecule has 0 bridgehead atoms. The minimum Gasteiger partial charge on any atom is -0.486 e. The van der Waals surface area contributed by atoms with Crippen LogP contribution in [-0.4, -0.2) is 11.9 Å². The van der Waals surface area contributed by atoms with Gasteiger partial charge in [-0.2, -0.15) is 0 Å². The number of nitrogens with two attached hydrogens (primary N) is 1. The molecular formula is C13H14N2O. The van der Waals surface area contributed by atoms with Crippen molar-refractivity contribution in [3.05, 3.63) is 59.9 Å². The molecule has 1 aromatic carbocycles. The summed E-state index contributed by atoms with van der Waals surface area (Å²) in [6.45, 7) is 0. The van der Waals surface area contributed by atoms with Gasteiger partial charge in [0.2, 0.25) is 0 Å². The highest BCUT2D eigenvalue weighted by molar-refractivity contribution is 5.85. The van der Waals surface area contributed by atoms with Gasteiger partial charge in [0.15, 0.2) is 6.10 Å². The van der Waals surface area contributed by atoms with Crippen molar-refractivity contribution in [1.82, 2.24) is 0 Å². The molecule has 0 amide bonds. The van der Waals surface area contributed by atoms with E-state index < -0.39 is 6.10 Å². The van der Waals surface area contributed by atoms with Gasteiger partial charge >= 0.3 is 0 Å². The lowest BCUT2D eigenvalue weighted by Crippen LogP contribution is -2.32. The van der Waals surface area contributed by atoms with Gasteiger partial charge in [0.25, 0.3) is 0 Å². The first-order valence-electron chi connectivity index (χ1n) is 5.16. The molecule has 82 valence electrons. The fourth-order valence-corrected chi connectivity index (χ4v) is 1.72. The average Bonchev–Trinajstić information content (AvgIpc) is 2.31. The molecular weight excluding hydrogens is 200 g/mol. The molecule has 1 aliphatic rings. The fraction of sp³-hybridized carbons (Fsp3) is 0.154. The molecule has 1 atom stereocenters. The highest BCUT2D eigenvalue weighted by atomic mass is 16.5. The topological polar surface area (TPSA) is 59.1 Å². The van der Waals surface area contributed by atoms with Crippen molar-refractivity contribution in [2.75, 3.05) is 0 Å². The maximum atomic E-state index is 7.46. The SMILES string of the molecule is N=C(N)C1OC=CC=C1Cc1ccccc1. The van der Waals surface area contributed by atoms with Crippen LogP contribution in [0.2, 0.25) is 0 Å². The second-order valence-corrected chi connectivity index (χ2v) is 3.70. The van der Waals surface area contributed by atoms with Crippen LogP contribution in [0.5, 0.6) is 0 Å². The predicted molar refractivity (Wildman–Crippen MR) is 64.2 cm³/mol. The Balaban J connectivity index is 2.16. The lowest BCUT2D eigenvalue weighted by Gasteiger charge is -2.21. The minimum atomic E-state index is -0.412. The zero-order valence-corrected chi connectivity index (χ0v) is 8.89. The molecule has 0 aliphatic carbocycles. The Kier molecular flexibility index (Phi) is 3.05. The van der Waals surface area contributed by atoms with Gasteiger partial charge in [0.1, 0.15) is 5.84 Å². The largest absolute Gasteiger partial charge is 0.486 e. The third-order valence-corrected chi connectivity index (χ3v) is 2.47. The van der Waals surface area contributed by atoms with Crippen molar-refractivity contribution in [1.29, 1.82) is 5.41 Å². The number of nitrogens with one attached hydrogen (secondary N) is 1. The highest BCUT2D eigenvalue weighted by Crippen LogP contribution is 2.17. The van der Waals surface area contributed by atoms with E-state index in [4.69, 9.17) is 15.9 Å². The van der Waals surface area contributed by atoms with E-state index in [0.29, 0.717) is 0 Å². The summed E-state index contributed by atoms with van der Waals surface area (Å²) < 4.78 is 5.33. The van der Waals surface area contributed by atoms with Gasteiger partial charge in [-0.05, 0) is 23.6 Å². The molecule has 3 N–H and O–H groups in total. The number of allylic oxidation sites excluding steroid dienone is 2. The van der Waals surface area contributed by atoms with Crippen LogP contribution in [0.3, 0.4) is 0 Å². The Hall–Kier alpha value is -2.03. The van der Waals surface area contributed by atoms with E-state index in [1.807, 2.05) is 30.4 Å². The van der Waals surface area contributed by atoms with E-state index in [1.165, 1.54) is 5.56 Å². The number of hydrogen-bond donors (Lipinski definition) is 2. The smallest absolute Gasteiger partial charge is 0.176 e. The van der Waals surface area contributed by atoms with Crippen LogP contribution in [0, 0.1) is 5.41 Å². The van der Waals surface area contributed by atoms with Crippen LogP contribution in [0.1, 0.15) is 5.56 Å². The Morgan fingerprint density at radius 2 is 2.06 bits per heavy atom. The van der Waals surface area contributed by atoms with Crippen LogP contribution in [-0.2, 0) is 11.2 Å². The maximum Gasteiger partial charge on any atom is 0.176 e. The van der Waals surface area contributed by atoms with Crippen molar-refractivity contribution in [3.63, 3.8) is 0 Å². The standard InChI is InChI=1S/C13H14N2O/c14-13(15)12-11(7-4-8-16-12)9-10-5-2-1-3-6-10/h1-8,12H,9H2,(H3,14,15). The first-order valence-corrected chi connectivity index (χ1v) is 5.16. The molecule has 16 heavy (non-hydrogen) atoms. The molecule has 0 saturated carbocycles. The molecule has 0 spiro atoms. The quantitative estimate of drug-likeness (QED) is 0.597. The Morgan fingerprint density at radius 3 is 2.75 bits per heavy atom. The van der Waals surface area contributed by atoms with Gasteiger partial charge in [-0.3, -0.25) is 5.41 Å². The van der Waals surface area contributed by atoms with E-state index in [0.717, 1.165) is 12.0 Å². The first-order chi connectivity index (χ1) is 7.77. The molecule has 1 heterocycles. The van der Waals surface area contributed by atoms with Crippen molar-refractivity contribution < 1.29 is 4.74 Å². The molecule has 0 radical (unpaired) electrons. The third-order valence-electron chi connectivity index (χ3n) is 2.47. The number of rotatable bonds is 3. The number of ether oxygens (including phenoxy) is 1. The summed E-state index contributed by atoms with van der Waals surface area (Å²) in [6, 6.07) is 10.1. The van der Waals surface area contributed by atoms with Crippen LogP contribution in [0.25, 0.3) is 0 Å². The van der Waals surface area contributed by atoms with Gasteiger partial charge in [0.05, 0.1) is 6.26 Å². The molecule has 2 rings (SSSR count). The number of hydrogen-bond acceptors (Lipinski definition) is 2. The monoisotopic (exact) mass is 214 g/mol. The predicted octanol–water partition coefficient (Wildman–Crippen LogP) is 2.00. The molecule has 1 aliphatic heterocycles. The molecule has 0 aromatic heterocycles. The third kappa shape index (κ3) is 2.31. The molecule has 3 nitrogen and oxygen atoms in total. The molecule has 1 aromatic rings. The molecule has 3 heteroatoms. The first kappa shape index (κ1) is 10.5. The number of amidine groups is 1. The molecule has 0 saturated heterocycles. The summed E-state index contributed by atoms with van der Waals surface area (Å²) >= 11 is 0. The van der Waals surface area contributed by atoms with Crippen molar-refractivity contribution >= 4 is 5.84 Å². The lowest BCUT2D eigenvalue weighted by atomic mass is 9.98. The molecule has 1 unspecified atom stereocenters. The summed E-state index contributed by atoms with van der Waals surface area (Å²) in [5.41, 5.74) is 7.70. The normalized spacial score (nSPS) is 18.8. The van der Waals surface area contributed by atoms with Gasteiger partial charge in [-0.1, -0.05) is 36.4 Å². The average molecular weight is 214 g/mol. The van der Waals surface area contributed by atoms with Gasteiger partial charge < -0.3 is 10.5 Å². The van der Waals surface area contributed by atoms with Crippen molar-refractivity contribution in [2.45, 2.75) is 12.5 Å². The maximum absolute atomic E-state index is 7.46. The lowest BCUT2D eigenvalue weighted by molar-refractivity contribution is 0.224. The van der Waals surface area contributed by atoms with Crippen molar-refractivity contribution in [2.24, 2.45) is 5.73 Å². The fourth-order valence-electron chi connectivity index (χ4n) is 1.72. The highest BCUT2D eigenvalue weighted by Gasteiger charge is 2.19. The van der Waals surface area contributed by atoms with Gasteiger partial charge in [-0.25, -0.2) is 0 Å². The van der Waals surface area contributed by atoms with E-state index in [-0.39, 0.29) is 5.84 Å². The zero-order valence-electron chi connectivity index (χ0n) is 8.89. The Bertz CT molecular complexity index is 435. The van der Waals surface area contributed by atoms with Gasteiger partial charge in [-0.15, -0.1) is 0 Å². The van der Waals surface area contributed by atoms with Crippen LogP contribution in [0.4, 0.5) is 0 Å². The summed E-state index contributed by atoms with van der Waals surface area (Å²) in [7, 11) is 0.